The van der Waals surface area contributed by atoms with E-state index in [0.717, 1.165) is 25.9 Å². The summed E-state index contributed by atoms with van der Waals surface area (Å²) in [4.78, 5) is 0. The third-order valence-corrected chi connectivity index (χ3v) is 4.12. The van der Waals surface area contributed by atoms with Crippen molar-refractivity contribution >= 4 is 11.6 Å². The van der Waals surface area contributed by atoms with Crippen molar-refractivity contribution in [2.24, 2.45) is 5.73 Å². The molecule has 1 aliphatic heterocycles. The van der Waals surface area contributed by atoms with Gasteiger partial charge in [-0.25, -0.2) is 4.39 Å². The molecule has 0 aliphatic carbocycles. The molecule has 2 unspecified atom stereocenters. The zero-order valence-electron chi connectivity index (χ0n) is 10.6. The Bertz CT molecular complexity index is 398. The van der Waals surface area contributed by atoms with Crippen LogP contribution in [0.2, 0.25) is 5.02 Å². The van der Waals surface area contributed by atoms with Gasteiger partial charge in [-0.15, -0.1) is 0 Å². The lowest BCUT2D eigenvalue weighted by atomic mass is 9.85. The van der Waals surface area contributed by atoms with E-state index in [1.807, 2.05) is 6.92 Å². The van der Waals surface area contributed by atoms with Crippen LogP contribution in [0.4, 0.5) is 4.39 Å². The van der Waals surface area contributed by atoms with E-state index in [1.54, 1.807) is 12.1 Å². The molecule has 2 atom stereocenters. The highest BCUT2D eigenvalue weighted by molar-refractivity contribution is 6.31. The second-order valence-corrected chi connectivity index (χ2v) is 5.54. The molecule has 0 spiro atoms. The predicted octanol–water partition coefficient (Wildman–Crippen LogP) is 3.31. The van der Waals surface area contributed by atoms with Crippen molar-refractivity contribution in [3.05, 3.63) is 34.6 Å². The second-order valence-electron chi connectivity index (χ2n) is 5.13. The standard InChI is InChI=1S/C14H19ClFNO/c1-14(7-2-3-8-18-14)13(17)9-10-11(15)5-4-6-12(10)16/h4-6,13H,2-3,7-9,17H2,1H3. The van der Waals surface area contributed by atoms with Crippen molar-refractivity contribution in [3.8, 4) is 0 Å². The minimum absolute atomic E-state index is 0.243. The Morgan fingerprint density at radius 3 is 2.89 bits per heavy atom. The van der Waals surface area contributed by atoms with Crippen LogP contribution in [0, 0.1) is 5.82 Å². The highest BCUT2D eigenvalue weighted by Gasteiger charge is 2.35. The fourth-order valence-corrected chi connectivity index (χ4v) is 2.65. The quantitative estimate of drug-likeness (QED) is 0.915. The molecule has 1 aromatic carbocycles. The van der Waals surface area contributed by atoms with Crippen LogP contribution >= 0.6 is 11.6 Å². The van der Waals surface area contributed by atoms with Crippen LogP contribution in [-0.2, 0) is 11.2 Å². The Balaban J connectivity index is 2.13. The molecule has 0 saturated carbocycles. The summed E-state index contributed by atoms with van der Waals surface area (Å²) >= 11 is 6.02. The maximum atomic E-state index is 13.7. The van der Waals surface area contributed by atoms with Gasteiger partial charge < -0.3 is 10.5 Å². The molecular weight excluding hydrogens is 253 g/mol. The van der Waals surface area contributed by atoms with Crippen molar-refractivity contribution in [1.82, 2.24) is 0 Å². The molecule has 1 aliphatic rings. The Morgan fingerprint density at radius 1 is 1.50 bits per heavy atom. The zero-order valence-corrected chi connectivity index (χ0v) is 11.3. The largest absolute Gasteiger partial charge is 0.374 e. The van der Waals surface area contributed by atoms with Crippen LogP contribution < -0.4 is 5.73 Å². The Kier molecular flexibility index (Phi) is 4.25. The minimum Gasteiger partial charge on any atom is -0.374 e. The summed E-state index contributed by atoms with van der Waals surface area (Å²) in [5, 5.41) is 0.435. The van der Waals surface area contributed by atoms with E-state index in [9.17, 15) is 4.39 Å². The van der Waals surface area contributed by atoms with Crippen LogP contribution in [-0.4, -0.2) is 18.2 Å². The molecule has 2 N–H and O–H groups in total. The summed E-state index contributed by atoms with van der Waals surface area (Å²) in [5.74, 6) is -0.294. The van der Waals surface area contributed by atoms with Gasteiger partial charge in [0.05, 0.1) is 5.60 Å². The molecule has 0 radical (unpaired) electrons. The SMILES string of the molecule is CC1(C(N)Cc2c(F)cccc2Cl)CCCCO1. The van der Waals surface area contributed by atoms with Crippen LogP contribution in [0.15, 0.2) is 18.2 Å². The van der Waals surface area contributed by atoms with Gasteiger partial charge in [0.1, 0.15) is 5.82 Å². The first kappa shape index (κ1) is 13.8. The Hall–Kier alpha value is -0.640. The first-order valence-corrected chi connectivity index (χ1v) is 6.73. The lowest BCUT2D eigenvalue weighted by Gasteiger charge is -2.39. The first-order valence-electron chi connectivity index (χ1n) is 6.35. The number of ether oxygens (including phenoxy) is 1. The molecule has 0 amide bonds. The molecule has 100 valence electrons. The van der Waals surface area contributed by atoms with Crippen LogP contribution in [0.25, 0.3) is 0 Å². The topological polar surface area (TPSA) is 35.2 Å². The fourth-order valence-electron chi connectivity index (χ4n) is 2.41. The smallest absolute Gasteiger partial charge is 0.127 e. The van der Waals surface area contributed by atoms with E-state index < -0.39 is 0 Å². The maximum Gasteiger partial charge on any atom is 0.127 e. The summed E-state index contributed by atoms with van der Waals surface area (Å²) < 4.78 is 19.5. The summed E-state index contributed by atoms with van der Waals surface area (Å²) in [6.45, 7) is 2.74. The van der Waals surface area contributed by atoms with Crippen molar-refractivity contribution < 1.29 is 9.13 Å². The van der Waals surface area contributed by atoms with Crippen LogP contribution in [0.5, 0.6) is 0 Å². The van der Waals surface area contributed by atoms with Gasteiger partial charge in [0.2, 0.25) is 0 Å². The van der Waals surface area contributed by atoms with E-state index in [1.165, 1.54) is 6.07 Å². The molecule has 2 rings (SSSR count). The average Bonchev–Trinajstić information content (AvgIpc) is 2.34. The van der Waals surface area contributed by atoms with Crippen LogP contribution in [0.1, 0.15) is 31.7 Å². The first-order chi connectivity index (χ1) is 8.53. The lowest BCUT2D eigenvalue weighted by molar-refractivity contribution is -0.0809. The monoisotopic (exact) mass is 271 g/mol. The number of nitrogens with two attached hydrogens (primary N) is 1. The summed E-state index contributed by atoms with van der Waals surface area (Å²) in [7, 11) is 0. The molecule has 1 fully saturated rings. The number of rotatable bonds is 3. The summed E-state index contributed by atoms with van der Waals surface area (Å²) in [5.41, 5.74) is 6.32. The van der Waals surface area contributed by atoms with Crippen molar-refractivity contribution in [1.29, 1.82) is 0 Å². The Morgan fingerprint density at radius 2 is 2.28 bits per heavy atom. The van der Waals surface area contributed by atoms with Crippen LogP contribution in [0.3, 0.4) is 0 Å². The summed E-state index contributed by atoms with van der Waals surface area (Å²) in [6, 6.07) is 4.47. The molecule has 0 aromatic heterocycles. The van der Waals surface area contributed by atoms with Crippen molar-refractivity contribution in [3.63, 3.8) is 0 Å². The molecule has 1 heterocycles. The third kappa shape index (κ3) is 2.85. The van der Waals surface area contributed by atoms with Gasteiger partial charge in [-0.05, 0) is 44.7 Å². The highest BCUT2D eigenvalue weighted by Crippen LogP contribution is 2.30. The highest BCUT2D eigenvalue weighted by atomic mass is 35.5. The van der Waals surface area contributed by atoms with Gasteiger partial charge in [0.25, 0.3) is 0 Å². The minimum atomic E-state index is -0.371. The van der Waals surface area contributed by atoms with Gasteiger partial charge >= 0.3 is 0 Å². The summed E-state index contributed by atoms with van der Waals surface area (Å²) in [6.07, 6.45) is 3.50. The van der Waals surface area contributed by atoms with Crippen molar-refractivity contribution in [2.75, 3.05) is 6.61 Å². The normalized spacial score (nSPS) is 26.0. The lowest BCUT2D eigenvalue weighted by Crippen LogP contribution is -2.50. The number of hydrogen-bond donors (Lipinski definition) is 1. The molecular formula is C14H19ClFNO. The fraction of sp³-hybridized carbons (Fsp3) is 0.571. The molecule has 2 nitrogen and oxygen atoms in total. The van der Waals surface area contributed by atoms with E-state index in [0.29, 0.717) is 17.0 Å². The van der Waals surface area contributed by atoms with E-state index in [2.05, 4.69) is 0 Å². The number of hydrogen-bond acceptors (Lipinski definition) is 2. The van der Waals surface area contributed by atoms with Gasteiger partial charge in [-0.3, -0.25) is 0 Å². The average molecular weight is 272 g/mol. The maximum absolute atomic E-state index is 13.7. The molecule has 18 heavy (non-hydrogen) atoms. The van der Waals surface area contributed by atoms with E-state index >= 15 is 0 Å². The zero-order chi connectivity index (χ0) is 13.2. The van der Waals surface area contributed by atoms with Gasteiger partial charge in [-0.2, -0.15) is 0 Å². The second kappa shape index (κ2) is 5.55. The number of halogens is 2. The van der Waals surface area contributed by atoms with E-state index in [-0.39, 0.29) is 17.5 Å². The predicted molar refractivity (Wildman–Crippen MR) is 71.3 cm³/mol. The molecule has 1 aromatic rings. The van der Waals surface area contributed by atoms with Crippen molar-refractivity contribution in [2.45, 2.75) is 44.2 Å². The molecule has 1 saturated heterocycles. The van der Waals surface area contributed by atoms with Gasteiger partial charge in [0, 0.05) is 23.2 Å². The molecule has 0 bridgehead atoms. The van der Waals surface area contributed by atoms with Gasteiger partial charge in [0.15, 0.2) is 0 Å². The third-order valence-electron chi connectivity index (χ3n) is 3.77. The van der Waals surface area contributed by atoms with E-state index in [4.69, 9.17) is 22.1 Å². The molecule has 4 heteroatoms. The Labute approximate surface area is 112 Å². The number of benzene rings is 1. The van der Waals surface area contributed by atoms with Gasteiger partial charge in [-0.1, -0.05) is 17.7 Å².